The molecule has 4 rings (SSSR count). The Balaban J connectivity index is 1.80. The van der Waals surface area contributed by atoms with Crippen molar-refractivity contribution < 1.29 is 19.5 Å². The number of nitrogens with one attached hydrogen (secondary N) is 1. The molecule has 0 aliphatic carbocycles. The number of nitrogens with zero attached hydrogens (tertiary/aromatic N) is 1. The topological polar surface area (TPSA) is 86.7 Å². The highest BCUT2D eigenvalue weighted by atomic mass is 16.4. The van der Waals surface area contributed by atoms with Crippen molar-refractivity contribution in [2.75, 3.05) is 0 Å². The number of amides is 2. The minimum atomic E-state index is -1.51. The normalized spacial score (nSPS) is 27.8. The van der Waals surface area contributed by atoms with Gasteiger partial charge in [-0.2, -0.15) is 0 Å². The van der Waals surface area contributed by atoms with Crippen LogP contribution in [0, 0.1) is 17.8 Å². The van der Waals surface area contributed by atoms with Crippen LogP contribution in [-0.2, 0) is 14.4 Å². The Hall–Kier alpha value is -2.99. The Morgan fingerprint density at radius 3 is 2.03 bits per heavy atom. The number of carbonyl (C=O) groups excluding carboxylic acids is 2. The molecule has 0 spiro atoms. The van der Waals surface area contributed by atoms with Crippen molar-refractivity contribution in [1.82, 2.24) is 10.2 Å². The number of likely N-dealkylation sites (tertiary alicyclic amines) is 1. The molecule has 2 N–H and O–H groups in total. The van der Waals surface area contributed by atoms with E-state index in [4.69, 9.17) is 0 Å². The van der Waals surface area contributed by atoms with Crippen LogP contribution in [0.5, 0.6) is 0 Å². The van der Waals surface area contributed by atoms with Crippen LogP contribution in [0.1, 0.15) is 46.2 Å². The third-order valence-corrected chi connectivity index (χ3v) is 6.91. The molecule has 0 bridgehead atoms. The predicted octanol–water partition coefficient (Wildman–Crippen LogP) is 3.88. The molecule has 2 aliphatic rings. The third kappa shape index (κ3) is 3.16. The summed E-state index contributed by atoms with van der Waals surface area (Å²) in [4.78, 5) is 40.9. The predicted molar refractivity (Wildman–Crippen MR) is 122 cm³/mol. The molecule has 6 nitrogen and oxygen atoms in total. The van der Waals surface area contributed by atoms with E-state index in [0.29, 0.717) is 0 Å². The zero-order chi connectivity index (χ0) is 23.4. The summed E-state index contributed by atoms with van der Waals surface area (Å²) in [6.45, 7) is 8.99. The third-order valence-electron chi connectivity index (χ3n) is 6.91. The van der Waals surface area contributed by atoms with Crippen LogP contribution < -0.4 is 5.32 Å². The van der Waals surface area contributed by atoms with Crippen molar-refractivity contribution in [3.63, 3.8) is 0 Å². The van der Waals surface area contributed by atoms with Crippen LogP contribution in [0.25, 0.3) is 11.1 Å². The largest absolute Gasteiger partial charge is 0.480 e. The number of rotatable bonds is 4. The number of carboxylic acids is 1. The van der Waals surface area contributed by atoms with E-state index in [1.807, 2.05) is 54.6 Å². The number of imide groups is 1. The summed E-state index contributed by atoms with van der Waals surface area (Å²) in [7, 11) is 0. The molecule has 4 unspecified atom stereocenters. The quantitative estimate of drug-likeness (QED) is 0.714. The van der Waals surface area contributed by atoms with E-state index in [1.165, 1.54) is 4.90 Å². The van der Waals surface area contributed by atoms with Crippen LogP contribution in [0.4, 0.5) is 0 Å². The van der Waals surface area contributed by atoms with Crippen molar-refractivity contribution in [2.24, 2.45) is 17.8 Å². The number of carboxylic acid groups (broad SMARTS) is 1. The van der Waals surface area contributed by atoms with E-state index in [1.54, 1.807) is 34.6 Å². The summed E-state index contributed by atoms with van der Waals surface area (Å²) in [6, 6.07) is 17.2. The standard InChI is InChI=1S/C26H30N2O4/c1-15(2)26(24(31)32)20-19(22(29)28(23(20)30)25(3,4)5)21(27-26)18-13-11-17(12-14-18)16-9-7-6-8-10-16/h6-15,19-21,27H,1-5H3,(H,31,32). The number of hydrogen-bond donors (Lipinski definition) is 2. The van der Waals surface area contributed by atoms with Crippen molar-refractivity contribution in [1.29, 1.82) is 0 Å². The lowest BCUT2D eigenvalue weighted by molar-refractivity contribution is -0.155. The fraction of sp³-hybridized carbons (Fsp3) is 0.423. The molecule has 168 valence electrons. The molecule has 2 aliphatic heterocycles. The molecule has 2 heterocycles. The van der Waals surface area contributed by atoms with Gasteiger partial charge in [-0.25, -0.2) is 0 Å². The van der Waals surface area contributed by atoms with Gasteiger partial charge in [0.25, 0.3) is 0 Å². The second-order valence-electron chi connectivity index (χ2n) is 10.1. The van der Waals surface area contributed by atoms with Crippen LogP contribution in [0.15, 0.2) is 54.6 Å². The first kappa shape index (κ1) is 22.2. The Labute approximate surface area is 188 Å². The minimum Gasteiger partial charge on any atom is -0.480 e. The summed E-state index contributed by atoms with van der Waals surface area (Å²) >= 11 is 0. The SMILES string of the molecule is CC(C)C1(C(=O)O)NC(c2ccc(-c3ccccc3)cc2)C2C(=O)N(C(C)(C)C)C(=O)C21. The van der Waals surface area contributed by atoms with E-state index >= 15 is 0 Å². The van der Waals surface area contributed by atoms with Crippen molar-refractivity contribution >= 4 is 17.8 Å². The molecule has 2 aromatic carbocycles. The van der Waals surface area contributed by atoms with Crippen molar-refractivity contribution in [3.8, 4) is 11.1 Å². The van der Waals surface area contributed by atoms with E-state index in [2.05, 4.69) is 5.32 Å². The average molecular weight is 435 g/mol. The first-order chi connectivity index (χ1) is 15.0. The number of carbonyl (C=O) groups is 3. The highest BCUT2D eigenvalue weighted by Crippen LogP contribution is 2.52. The van der Waals surface area contributed by atoms with Gasteiger partial charge < -0.3 is 5.11 Å². The maximum atomic E-state index is 13.5. The number of fused-ring (bicyclic) bond motifs is 1. The minimum absolute atomic E-state index is 0.305. The van der Waals surface area contributed by atoms with Gasteiger partial charge in [0.1, 0.15) is 5.54 Å². The van der Waals surface area contributed by atoms with Crippen LogP contribution in [0.3, 0.4) is 0 Å². The van der Waals surface area contributed by atoms with Gasteiger partial charge in [0.05, 0.1) is 11.8 Å². The first-order valence-corrected chi connectivity index (χ1v) is 11.0. The second-order valence-corrected chi connectivity index (χ2v) is 10.1. The van der Waals surface area contributed by atoms with Crippen LogP contribution in [-0.4, -0.2) is 38.9 Å². The average Bonchev–Trinajstić information content (AvgIpc) is 3.23. The second kappa shape index (κ2) is 7.55. The summed E-state index contributed by atoms with van der Waals surface area (Å²) < 4.78 is 0. The molecule has 4 atom stereocenters. The molecule has 0 radical (unpaired) electrons. The number of aliphatic carboxylic acids is 1. The van der Waals surface area contributed by atoms with E-state index < -0.39 is 46.7 Å². The summed E-state index contributed by atoms with van der Waals surface area (Å²) in [5, 5.41) is 13.5. The Morgan fingerprint density at radius 2 is 1.53 bits per heavy atom. The van der Waals surface area contributed by atoms with E-state index in [9.17, 15) is 19.5 Å². The molecule has 2 fully saturated rings. The van der Waals surface area contributed by atoms with Gasteiger partial charge in [-0.1, -0.05) is 68.4 Å². The zero-order valence-electron chi connectivity index (χ0n) is 19.1. The first-order valence-electron chi connectivity index (χ1n) is 11.0. The molecule has 2 saturated heterocycles. The Morgan fingerprint density at radius 1 is 0.969 bits per heavy atom. The van der Waals surface area contributed by atoms with Gasteiger partial charge in [-0.3, -0.25) is 24.6 Å². The van der Waals surface area contributed by atoms with Gasteiger partial charge in [0.2, 0.25) is 11.8 Å². The highest BCUT2D eigenvalue weighted by Gasteiger charge is 2.70. The summed E-state index contributed by atoms with van der Waals surface area (Å²) in [5.41, 5.74) is 0.675. The smallest absolute Gasteiger partial charge is 0.325 e. The van der Waals surface area contributed by atoms with Crippen molar-refractivity contribution in [2.45, 2.75) is 51.7 Å². The molecular weight excluding hydrogens is 404 g/mol. The molecule has 0 saturated carbocycles. The van der Waals surface area contributed by atoms with Gasteiger partial charge in [0.15, 0.2) is 0 Å². The molecule has 6 heteroatoms. The molecule has 0 aromatic heterocycles. The fourth-order valence-electron chi connectivity index (χ4n) is 5.38. The molecule has 32 heavy (non-hydrogen) atoms. The van der Waals surface area contributed by atoms with Crippen LogP contribution >= 0.6 is 0 Å². The van der Waals surface area contributed by atoms with Crippen molar-refractivity contribution in [3.05, 3.63) is 60.2 Å². The lowest BCUT2D eigenvalue weighted by atomic mass is 9.73. The fourth-order valence-corrected chi connectivity index (χ4v) is 5.38. The summed E-state index contributed by atoms with van der Waals surface area (Å²) in [5.74, 6) is -3.91. The van der Waals surface area contributed by atoms with Crippen LogP contribution in [0.2, 0.25) is 0 Å². The van der Waals surface area contributed by atoms with Gasteiger partial charge in [0, 0.05) is 11.6 Å². The van der Waals surface area contributed by atoms with Gasteiger partial charge in [-0.05, 0) is 43.4 Å². The number of hydrogen-bond acceptors (Lipinski definition) is 4. The lowest BCUT2D eigenvalue weighted by Gasteiger charge is -2.37. The van der Waals surface area contributed by atoms with Gasteiger partial charge in [-0.15, -0.1) is 0 Å². The molecule has 2 aromatic rings. The number of benzene rings is 2. The zero-order valence-corrected chi connectivity index (χ0v) is 19.1. The maximum absolute atomic E-state index is 13.5. The Bertz CT molecular complexity index is 1060. The monoisotopic (exact) mass is 434 g/mol. The highest BCUT2D eigenvalue weighted by molar-refractivity contribution is 6.10. The summed E-state index contributed by atoms with van der Waals surface area (Å²) in [6.07, 6.45) is 0. The van der Waals surface area contributed by atoms with Gasteiger partial charge >= 0.3 is 5.97 Å². The molecule has 2 amide bonds. The Kier molecular flexibility index (Phi) is 5.24. The lowest BCUT2D eigenvalue weighted by Crippen LogP contribution is -2.60. The van der Waals surface area contributed by atoms with E-state index in [-0.39, 0.29) is 5.91 Å². The van der Waals surface area contributed by atoms with E-state index in [0.717, 1.165) is 16.7 Å². The molecular formula is C26H30N2O4. The maximum Gasteiger partial charge on any atom is 0.325 e.